The van der Waals surface area contributed by atoms with Crippen molar-refractivity contribution in [3.05, 3.63) is 53.4 Å². The fraction of sp³-hybridized carbons (Fsp3) is 0.438. The Bertz CT molecular complexity index is 563. The molecule has 1 unspecified atom stereocenters. The van der Waals surface area contributed by atoms with Crippen molar-refractivity contribution >= 4 is 0 Å². The van der Waals surface area contributed by atoms with E-state index in [4.69, 9.17) is 0 Å². The third-order valence-electron chi connectivity index (χ3n) is 3.54. The number of imidazole rings is 1. The molecule has 1 aromatic carbocycles. The van der Waals surface area contributed by atoms with E-state index in [2.05, 4.69) is 24.1 Å². The summed E-state index contributed by atoms with van der Waals surface area (Å²) in [6.07, 6.45) is 5.22. The SMILES string of the molecule is CCCNC(C)c1ccc(F)c(Cc2nccn2C)c1. The average Bonchev–Trinajstić information content (AvgIpc) is 2.84. The van der Waals surface area contributed by atoms with Gasteiger partial charge in [-0.25, -0.2) is 9.37 Å². The highest BCUT2D eigenvalue weighted by Gasteiger charge is 2.11. The summed E-state index contributed by atoms with van der Waals surface area (Å²) in [5.74, 6) is 0.703. The van der Waals surface area contributed by atoms with Crippen molar-refractivity contribution in [1.29, 1.82) is 0 Å². The largest absolute Gasteiger partial charge is 0.338 e. The molecule has 0 bridgehead atoms. The normalized spacial score (nSPS) is 12.6. The highest BCUT2D eigenvalue weighted by atomic mass is 19.1. The topological polar surface area (TPSA) is 29.9 Å². The van der Waals surface area contributed by atoms with Crippen LogP contribution in [0.4, 0.5) is 4.39 Å². The molecule has 0 radical (unpaired) electrons. The second-order valence-electron chi connectivity index (χ2n) is 5.16. The molecule has 3 nitrogen and oxygen atoms in total. The number of rotatable bonds is 6. The maximum atomic E-state index is 14.0. The Kier molecular flexibility index (Phi) is 4.90. The van der Waals surface area contributed by atoms with Gasteiger partial charge in [-0.15, -0.1) is 0 Å². The van der Waals surface area contributed by atoms with Crippen molar-refractivity contribution in [3.8, 4) is 0 Å². The zero-order valence-corrected chi connectivity index (χ0v) is 12.4. The quantitative estimate of drug-likeness (QED) is 0.877. The van der Waals surface area contributed by atoms with Crippen LogP contribution in [0.1, 0.15) is 43.3 Å². The summed E-state index contributed by atoms with van der Waals surface area (Å²) < 4.78 is 15.9. The van der Waals surface area contributed by atoms with Crippen molar-refractivity contribution in [1.82, 2.24) is 14.9 Å². The number of benzene rings is 1. The molecule has 1 atom stereocenters. The van der Waals surface area contributed by atoms with Crippen LogP contribution in [0.2, 0.25) is 0 Å². The molecule has 1 aromatic heterocycles. The van der Waals surface area contributed by atoms with E-state index in [1.54, 1.807) is 12.3 Å². The summed E-state index contributed by atoms with van der Waals surface area (Å²) in [5.41, 5.74) is 1.81. The molecule has 20 heavy (non-hydrogen) atoms. The van der Waals surface area contributed by atoms with Gasteiger partial charge in [0.2, 0.25) is 0 Å². The average molecular weight is 275 g/mol. The van der Waals surface area contributed by atoms with Gasteiger partial charge in [0.1, 0.15) is 11.6 Å². The number of nitrogens with zero attached hydrogens (tertiary/aromatic N) is 2. The minimum atomic E-state index is -0.167. The van der Waals surface area contributed by atoms with Gasteiger partial charge in [0.15, 0.2) is 0 Å². The maximum absolute atomic E-state index is 14.0. The number of nitrogens with one attached hydrogen (secondary N) is 1. The third-order valence-corrected chi connectivity index (χ3v) is 3.54. The van der Waals surface area contributed by atoms with Gasteiger partial charge in [0.05, 0.1) is 0 Å². The van der Waals surface area contributed by atoms with Crippen LogP contribution in [0.15, 0.2) is 30.6 Å². The molecule has 0 aliphatic carbocycles. The summed E-state index contributed by atoms with van der Waals surface area (Å²) in [6.45, 7) is 5.21. The number of halogens is 1. The van der Waals surface area contributed by atoms with Crippen LogP contribution in [0, 0.1) is 5.82 Å². The Morgan fingerprint density at radius 3 is 2.85 bits per heavy atom. The monoisotopic (exact) mass is 275 g/mol. The first-order valence-corrected chi connectivity index (χ1v) is 7.09. The Balaban J connectivity index is 2.18. The Morgan fingerprint density at radius 1 is 1.40 bits per heavy atom. The van der Waals surface area contributed by atoms with Crippen LogP contribution in [0.25, 0.3) is 0 Å². The van der Waals surface area contributed by atoms with Crippen molar-refractivity contribution in [2.75, 3.05) is 6.54 Å². The van der Waals surface area contributed by atoms with Crippen LogP contribution in [-0.4, -0.2) is 16.1 Å². The molecule has 4 heteroatoms. The molecular weight excluding hydrogens is 253 g/mol. The van der Waals surface area contributed by atoms with Crippen LogP contribution >= 0.6 is 0 Å². The predicted molar refractivity (Wildman–Crippen MR) is 79.1 cm³/mol. The lowest BCUT2D eigenvalue weighted by atomic mass is 10.0. The van der Waals surface area contributed by atoms with Crippen molar-refractivity contribution in [2.45, 2.75) is 32.7 Å². The molecule has 2 rings (SSSR count). The van der Waals surface area contributed by atoms with Crippen molar-refractivity contribution < 1.29 is 4.39 Å². The minimum Gasteiger partial charge on any atom is -0.338 e. The smallest absolute Gasteiger partial charge is 0.126 e. The Hall–Kier alpha value is -1.68. The van der Waals surface area contributed by atoms with E-state index < -0.39 is 0 Å². The van der Waals surface area contributed by atoms with Crippen molar-refractivity contribution in [2.24, 2.45) is 7.05 Å². The lowest BCUT2D eigenvalue weighted by molar-refractivity contribution is 0.565. The maximum Gasteiger partial charge on any atom is 0.126 e. The van der Waals surface area contributed by atoms with Gasteiger partial charge >= 0.3 is 0 Å². The zero-order chi connectivity index (χ0) is 14.5. The number of hydrogen-bond donors (Lipinski definition) is 1. The molecule has 0 aliphatic rings. The number of aryl methyl sites for hydroxylation is 1. The van der Waals surface area contributed by atoms with Crippen LogP contribution in [-0.2, 0) is 13.5 Å². The van der Waals surface area contributed by atoms with E-state index in [0.717, 1.165) is 24.4 Å². The van der Waals surface area contributed by atoms with Gasteiger partial charge in [-0.1, -0.05) is 19.1 Å². The van der Waals surface area contributed by atoms with Gasteiger partial charge in [-0.05, 0) is 37.1 Å². The van der Waals surface area contributed by atoms with Crippen molar-refractivity contribution in [3.63, 3.8) is 0 Å². The molecule has 108 valence electrons. The molecule has 0 aliphatic heterocycles. The van der Waals surface area contributed by atoms with Gasteiger partial charge in [0, 0.05) is 31.9 Å². The van der Waals surface area contributed by atoms with Crippen LogP contribution < -0.4 is 5.32 Å². The highest BCUT2D eigenvalue weighted by Crippen LogP contribution is 2.19. The molecule has 0 amide bonds. The standard InChI is InChI=1S/C16H22FN3/c1-4-7-18-12(2)13-5-6-15(17)14(10-13)11-16-19-8-9-20(16)3/h5-6,8-10,12,18H,4,7,11H2,1-3H3. The molecule has 1 N–H and O–H groups in total. The molecule has 0 fully saturated rings. The minimum absolute atomic E-state index is 0.167. The first kappa shape index (κ1) is 14.7. The Morgan fingerprint density at radius 2 is 2.20 bits per heavy atom. The molecule has 0 saturated carbocycles. The molecule has 0 saturated heterocycles. The van der Waals surface area contributed by atoms with E-state index in [-0.39, 0.29) is 11.9 Å². The van der Waals surface area contributed by atoms with E-state index in [9.17, 15) is 4.39 Å². The Labute approximate surface area is 119 Å². The number of aromatic nitrogens is 2. The van der Waals surface area contributed by atoms with E-state index in [1.807, 2.05) is 29.9 Å². The van der Waals surface area contributed by atoms with Gasteiger partial charge in [0.25, 0.3) is 0 Å². The third kappa shape index (κ3) is 3.45. The lowest BCUT2D eigenvalue weighted by Gasteiger charge is -2.15. The summed E-state index contributed by atoms with van der Waals surface area (Å²) in [5, 5.41) is 3.42. The van der Waals surface area contributed by atoms with Crippen LogP contribution in [0.5, 0.6) is 0 Å². The molecule has 2 aromatic rings. The van der Waals surface area contributed by atoms with E-state index >= 15 is 0 Å². The first-order chi connectivity index (χ1) is 9.61. The first-order valence-electron chi connectivity index (χ1n) is 7.09. The highest BCUT2D eigenvalue weighted by molar-refractivity contribution is 5.29. The second-order valence-corrected chi connectivity index (χ2v) is 5.16. The lowest BCUT2D eigenvalue weighted by Crippen LogP contribution is -2.19. The molecule has 0 spiro atoms. The summed E-state index contributed by atoms with van der Waals surface area (Å²) >= 11 is 0. The zero-order valence-electron chi connectivity index (χ0n) is 12.4. The number of hydrogen-bond acceptors (Lipinski definition) is 2. The van der Waals surface area contributed by atoms with Gasteiger partial charge < -0.3 is 9.88 Å². The summed E-state index contributed by atoms with van der Waals surface area (Å²) in [6, 6.07) is 5.58. The molecular formula is C16H22FN3. The van der Waals surface area contributed by atoms with E-state index in [1.165, 1.54) is 0 Å². The summed E-state index contributed by atoms with van der Waals surface area (Å²) in [4.78, 5) is 4.26. The van der Waals surface area contributed by atoms with Gasteiger partial charge in [-0.2, -0.15) is 0 Å². The fourth-order valence-electron chi connectivity index (χ4n) is 2.22. The molecule has 1 heterocycles. The second kappa shape index (κ2) is 6.66. The fourth-order valence-corrected chi connectivity index (χ4v) is 2.22. The predicted octanol–water partition coefficient (Wildman–Crippen LogP) is 3.21. The van der Waals surface area contributed by atoms with Gasteiger partial charge in [-0.3, -0.25) is 0 Å². The van der Waals surface area contributed by atoms with E-state index in [0.29, 0.717) is 12.0 Å². The van der Waals surface area contributed by atoms with Crippen LogP contribution in [0.3, 0.4) is 0 Å². The summed E-state index contributed by atoms with van der Waals surface area (Å²) in [7, 11) is 1.93.